The number of rotatable bonds is 10. The summed E-state index contributed by atoms with van der Waals surface area (Å²) < 4.78 is 7.24. The van der Waals surface area contributed by atoms with Crippen molar-refractivity contribution < 1.29 is 9.84 Å². The highest BCUT2D eigenvalue weighted by Crippen LogP contribution is 1.92. The topological polar surface area (TPSA) is 72.2 Å². The lowest BCUT2D eigenvalue weighted by Crippen LogP contribution is -2.32. The Balaban J connectivity index is 1.98. The number of unbranched alkanes of at least 4 members (excludes halogenated alkanes) is 1. The van der Waals surface area contributed by atoms with Crippen LogP contribution >= 0.6 is 0 Å². The third-order valence-electron chi connectivity index (χ3n) is 2.66. The summed E-state index contributed by atoms with van der Waals surface area (Å²) in [5.74, 6) is 0.941. The van der Waals surface area contributed by atoms with Crippen molar-refractivity contribution in [1.29, 1.82) is 0 Å². The number of nitrogens with one attached hydrogen (secondary N) is 1. The van der Waals surface area contributed by atoms with Crippen LogP contribution in [-0.2, 0) is 18.2 Å². The van der Waals surface area contributed by atoms with E-state index in [-0.39, 0.29) is 0 Å². The maximum Gasteiger partial charge on any atom is 0.133 e. The van der Waals surface area contributed by atoms with E-state index in [4.69, 9.17) is 4.74 Å². The molecule has 0 aliphatic rings. The lowest BCUT2D eigenvalue weighted by atomic mass is 10.3. The summed E-state index contributed by atoms with van der Waals surface area (Å²) in [5.41, 5.74) is 0. The average molecular weight is 256 g/mol. The molecule has 1 aromatic rings. The van der Waals surface area contributed by atoms with Gasteiger partial charge in [0.1, 0.15) is 12.2 Å². The molecule has 1 rings (SSSR count). The van der Waals surface area contributed by atoms with Gasteiger partial charge in [0.15, 0.2) is 0 Å². The quantitative estimate of drug-likeness (QED) is 0.582. The summed E-state index contributed by atoms with van der Waals surface area (Å²) in [6.07, 6.45) is 4.21. The van der Waals surface area contributed by atoms with Gasteiger partial charge in [-0.15, -0.1) is 10.2 Å². The number of aromatic nitrogens is 3. The monoisotopic (exact) mass is 256 g/mol. The van der Waals surface area contributed by atoms with E-state index in [1.165, 1.54) is 0 Å². The molecule has 2 N–H and O–H groups in total. The average Bonchev–Trinajstić information content (AvgIpc) is 2.76. The zero-order valence-electron chi connectivity index (χ0n) is 11.3. The molecule has 18 heavy (non-hydrogen) atoms. The first kappa shape index (κ1) is 15.1. The predicted molar refractivity (Wildman–Crippen MR) is 69.3 cm³/mol. The number of hydrogen-bond donors (Lipinski definition) is 2. The largest absolute Gasteiger partial charge is 0.389 e. The molecule has 1 atom stereocenters. The molecule has 0 fully saturated rings. The summed E-state index contributed by atoms with van der Waals surface area (Å²) in [6, 6.07) is 0. The lowest BCUT2D eigenvalue weighted by molar-refractivity contribution is 0.0360. The highest BCUT2D eigenvalue weighted by atomic mass is 16.5. The lowest BCUT2D eigenvalue weighted by Gasteiger charge is -2.12. The van der Waals surface area contributed by atoms with Gasteiger partial charge in [-0.25, -0.2) is 0 Å². The normalized spacial score (nSPS) is 12.8. The molecule has 104 valence electrons. The molecule has 1 heterocycles. The van der Waals surface area contributed by atoms with Crippen LogP contribution in [-0.4, -0.2) is 52.3 Å². The third kappa shape index (κ3) is 6.09. The molecule has 0 aliphatic heterocycles. The van der Waals surface area contributed by atoms with Gasteiger partial charge in [-0.2, -0.15) is 0 Å². The SMILES string of the molecule is CCCCOCC(O)CNCCc1nncn1C. The molecule has 0 saturated heterocycles. The minimum atomic E-state index is -0.443. The molecule has 0 aromatic carbocycles. The van der Waals surface area contributed by atoms with E-state index in [9.17, 15) is 5.11 Å². The van der Waals surface area contributed by atoms with E-state index in [0.29, 0.717) is 13.2 Å². The van der Waals surface area contributed by atoms with Crippen LogP contribution in [0.2, 0.25) is 0 Å². The van der Waals surface area contributed by atoms with Crippen LogP contribution in [0.25, 0.3) is 0 Å². The van der Waals surface area contributed by atoms with Crippen LogP contribution in [0.4, 0.5) is 0 Å². The van der Waals surface area contributed by atoms with Crippen molar-refractivity contribution in [3.63, 3.8) is 0 Å². The Morgan fingerprint density at radius 1 is 1.56 bits per heavy atom. The summed E-state index contributed by atoms with van der Waals surface area (Å²) in [5, 5.41) is 20.6. The number of aliphatic hydroxyl groups excluding tert-OH is 1. The van der Waals surface area contributed by atoms with Gasteiger partial charge in [0.2, 0.25) is 0 Å². The Labute approximate surface area is 108 Å². The Morgan fingerprint density at radius 2 is 2.39 bits per heavy atom. The molecule has 6 nitrogen and oxygen atoms in total. The number of aliphatic hydroxyl groups is 1. The molecule has 0 aliphatic carbocycles. The summed E-state index contributed by atoms with van der Waals surface area (Å²) in [6.45, 7) is 4.57. The van der Waals surface area contributed by atoms with Crippen molar-refractivity contribution >= 4 is 0 Å². The number of aryl methyl sites for hydroxylation is 1. The number of hydrogen-bond acceptors (Lipinski definition) is 5. The molecule has 0 radical (unpaired) electrons. The van der Waals surface area contributed by atoms with Crippen molar-refractivity contribution in [2.45, 2.75) is 32.3 Å². The highest BCUT2D eigenvalue weighted by Gasteiger charge is 2.04. The van der Waals surface area contributed by atoms with E-state index < -0.39 is 6.10 Å². The molecule has 0 spiro atoms. The first-order valence-electron chi connectivity index (χ1n) is 6.53. The molecule has 0 amide bonds. The fraction of sp³-hybridized carbons (Fsp3) is 0.833. The highest BCUT2D eigenvalue weighted by molar-refractivity contribution is 4.84. The smallest absolute Gasteiger partial charge is 0.133 e. The van der Waals surface area contributed by atoms with Crippen LogP contribution < -0.4 is 5.32 Å². The number of ether oxygens (including phenoxy) is 1. The minimum absolute atomic E-state index is 0.400. The molecule has 1 unspecified atom stereocenters. The first-order valence-corrected chi connectivity index (χ1v) is 6.53. The van der Waals surface area contributed by atoms with E-state index >= 15 is 0 Å². The van der Waals surface area contributed by atoms with E-state index in [1.807, 2.05) is 11.6 Å². The van der Waals surface area contributed by atoms with Gasteiger partial charge in [-0.3, -0.25) is 0 Å². The van der Waals surface area contributed by atoms with Crippen LogP contribution in [0.15, 0.2) is 6.33 Å². The number of nitrogens with zero attached hydrogens (tertiary/aromatic N) is 3. The second-order valence-electron chi connectivity index (χ2n) is 4.39. The third-order valence-corrected chi connectivity index (χ3v) is 2.66. The second-order valence-corrected chi connectivity index (χ2v) is 4.39. The summed E-state index contributed by atoms with van der Waals surface area (Å²) in [4.78, 5) is 0. The standard InChI is InChI=1S/C12H24N4O2/c1-3-4-7-18-9-11(17)8-13-6-5-12-15-14-10-16(12)2/h10-11,13,17H,3-9H2,1-2H3. The zero-order valence-corrected chi connectivity index (χ0v) is 11.3. The van der Waals surface area contributed by atoms with Crippen LogP contribution in [0.3, 0.4) is 0 Å². The van der Waals surface area contributed by atoms with Gasteiger partial charge < -0.3 is 19.7 Å². The van der Waals surface area contributed by atoms with Crippen molar-refractivity contribution in [2.24, 2.45) is 7.05 Å². The van der Waals surface area contributed by atoms with Crippen molar-refractivity contribution in [3.05, 3.63) is 12.2 Å². The molecule has 6 heteroatoms. The van der Waals surface area contributed by atoms with Crippen molar-refractivity contribution in [3.8, 4) is 0 Å². The van der Waals surface area contributed by atoms with E-state index in [2.05, 4.69) is 22.4 Å². The first-order chi connectivity index (χ1) is 8.74. The van der Waals surface area contributed by atoms with Gasteiger partial charge in [0.25, 0.3) is 0 Å². The zero-order chi connectivity index (χ0) is 13.2. The maximum atomic E-state index is 9.64. The molecule has 1 aromatic heterocycles. The van der Waals surface area contributed by atoms with Crippen molar-refractivity contribution in [1.82, 2.24) is 20.1 Å². The van der Waals surface area contributed by atoms with Gasteiger partial charge >= 0.3 is 0 Å². The van der Waals surface area contributed by atoms with Crippen LogP contribution in [0.5, 0.6) is 0 Å². The van der Waals surface area contributed by atoms with Gasteiger partial charge in [0.05, 0.1) is 12.7 Å². The Bertz CT molecular complexity index is 317. The fourth-order valence-corrected chi connectivity index (χ4v) is 1.53. The molecular weight excluding hydrogens is 232 g/mol. The van der Waals surface area contributed by atoms with Crippen LogP contribution in [0, 0.1) is 0 Å². The van der Waals surface area contributed by atoms with E-state index in [0.717, 1.165) is 38.2 Å². The van der Waals surface area contributed by atoms with E-state index in [1.54, 1.807) is 6.33 Å². The predicted octanol–water partition coefficient (Wildman–Crippen LogP) is 0.125. The van der Waals surface area contributed by atoms with Gasteiger partial charge in [0, 0.05) is 33.2 Å². The Morgan fingerprint density at radius 3 is 3.06 bits per heavy atom. The minimum Gasteiger partial charge on any atom is -0.389 e. The molecule has 0 bridgehead atoms. The maximum absolute atomic E-state index is 9.64. The Kier molecular flexibility index (Phi) is 7.55. The van der Waals surface area contributed by atoms with Gasteiger partial charge in [-0.1, -0.05) is 13.3 Å². The molecule has 0 saturated carbocycles. The van der Waals surface area contributed by atoms with Gasteiger partial charge in [-0.05, 0) is 6.42 Å². The van der Waals surface area contributed by atoms with Crippen molar-refractivity contribution in [2.75, 3.05) is 26.3 Å². The molecular formula is C12H24N4O2. The Hall–Kier alpha value is -0.980. The second kappa shape index (κ2) is 9.02. The van der Waals surface area contributed by atoms with Crippen LogP contribution in [0.1, 0.15) is 25.6 Å². The summed E-state index contributed by atoms with van der Waals surface area (Å²) in [7, 11) is 1.92. The fourth-order valence-electron chi connectivity index (χ4n) is 1.53. The summed E-state index contributed by atoms with van der Waals surface area (Å²) >= 11 is 0.